The average Bonchev–Trinajstić information content (AvgIpc) is 3.44. The summed E-state index contributed by atoms with van der Waals surface area (Å²) >= 11 is 0. The summed E-state index contributed by atoms with van der Waals surface area (Å²) in [4.78, 5) is 32.6. The van der Waals surface area contributed by atoms with Gasteiger partial charge in [0.15, 0.2) is 0 Å². The molecule has 10 heteroatoms. The maximum Gasteiger partial charge on any atom is 0.348 e. The molecule has 0 aromatic heterocycles. The van der Waals surface area contributed by atoms with Gasteiger partial charge in [-0.25, -0.2) is 4.79 Å². The normalized spacial score (nSPS) is 15.0. The Morgan fingerprint density at radius 2 is 0.688 bits per heavy atom. The number of esters is 2. The number of carbonyl (C=O) groups excluding carboxylic acids is 2. The van der Waals surface area contributed by atoms with Crippen molar-refractivity contribution in [2.45, 2.75) is 342 Å². The maximum atomic E-state index is 14.1. The molecule has 10 nitrogen and oxygen atoms in total. The molecule has 80 heavy (non-hydrogen) atoms. The molecule has 0 bridgehead atoms. The highest BCUT2D eigenvalue weighted by Crippen LogP contribution is 2.25. The minimum atomic E-state index is -1.07. The second-order valence-corrected chi connectivity index (χ2v) is 25.2. The van der Waals surface area contributed by atoms with Crippen LogP contribution in [0.4, 0.5) is 0 Å². The predicted octanol–water partition coefficient (Wildman–Crippen LogP) is 17.3. The fraction of sp³-hybridized carbons (Fsp3) is 0.886. The predicted molar refractivity (Wildman–Crippen MR) is 338 cm³/mol. The smallest absolute Gasteiger partial charge is 0.348 e. The molecule has 0 aliphatic carbocycles. The van der Waals surface area contributed by atoms with Crippen LogP contribution in [0.2, 0.25) is 0 Å². The van der Waals surface area contributed by atoms with Gasteiger partial charge in [0.05, 0.1) is 30.3 Å². The third-order valence-corrected chi connectivity index (χ3v) is 17.1. The van der Waals surface area contributed by atoms with Gasteiger partial charge in [-0.15, -0.1) is 0 Å². The Bertz CT molecular complexity index is 1450. The maximum absolute atomic E-state index is 14.1. The molecule has 0 heterocycles. The number of aliphatic hydroxyl groups is 4. The van der Waals surface area contributed by atoms with Crippen molar-refractivity contribution in [2.24, 2.45) is 17.8 Å². The van der Waals surface area contributed by atoms with Crippen LogP contribution in [0.5, 0.6) is 0 Å². The molecule has 0 spiro atoms. The molecule has 0 radical (unpaired) electrons. The molecule has 8 unspecified atom stereocenters. The summed E-state index contributed by atoms with van der Waals surface area (Å²) in [5.74, 6) is -1.74. The van der Waals surface area contributed by atoms with Gasteiger partial charge < -0.3 is 29.9 Å². The Balaban J connectivity index is 3.02. The molecule has 0 amide bonds. The minimum Gasteiger partial charge on any atom is -0.458 e. The lowest BCUT2D eigenvalue weighted by atomic mass is 9.91. The third-order valence-electron chi connectivity index (χ3n) is 17.1. The van der Waals surface area contributed by atoms with Crippen LogP contribution in [0.1, 0.15) is 311 Å². The highest BCUT2D eigenvalue weighted by atomic mass is 16.6. The van der Waals surface area contributed by atoms with E-state index in [9.17, 15) is 30.0 Å². The van der Waals surface area contributed by atoms with Gasteiger partial charge in [0.25, 0.3) is 0 Å². The van der Waals surface area contributed by atoms with E-state index in [-0.39, 0.29) is 18.4 Å². The summed E-state index contributed by atoms with van der Waals surface area (Å²) in [6.07, 6.45) is 42.3. The molecule has 0 aliphatic rings. The largest absolute Gasteiger partial charge is 0.458 e. The van der Waals surface area contributed by atoms with E-state index < -0.39 is 48.4 Å². The van der Waals surface area contributed by atoms with Crippen molar-refractivity contribution in [3.8, 4) is 0 Å². The van der Waals surface area contributed by atoms with Gasteiger partial charge in [-0.05, 0) is 75.9 Å². The van der Waals surface area contributed by atoms with Crippen LogP contribution in [-0.2, 0) is 25.7 Å². The van der Waals surface area contributed by atoms with Crippen LogP contribution >= 0.6 is 0 Å². The van der Waals surface area contributed by atoms with Crippen LogP contribution < -0.4 is 0 Å². The van der Waals surface area contributed by atoms with E-state index in [1.165, 1.54) is 154 Å². The van der Waals surface area contributed by atoms with E-state index in [1.807, 2.05) is 44.2 Å². The molecule has 0 saturated heterocycles. The highest BCUT2D eigenvalue weighted by molar-refractivity contribution is 5.80. The van der Waals surface area contributed by atoms with E-state index >= 15 is 0 Å². The molecule has 1 aromatic rings. The molecule has 0 saturated carbocycles. The Hall–Kier alpha value is -2.08. The Morgan fingerprint density at radius 3 is 1.01 bits per heavy atom. The molecule has 0 aliphatic heterocycles. The van der Waals surface area contributed by atoms with Gasteiger partial charge in [0.1, 0.15) is 6.61 Å². The quantitative estimate of drug-likeness (QED) is 0.0368. The summed E-state index contributed by atoms with van der Waals surface area (Å²) in [7, 11) is 0. The lowest BCUT2D eigenvalue weighted by molar-refractivity contribution is -0.175. The van der Waals surface area contributed by atoms with Crippen molar-refractivity contribution in [1.82, 2.24) is 9.80 Å². The van der Waals surface area contributed by atoms with Crippen LogP contribution in [0, 0.1) is 17.8 Å². The molecule has 1 aromatic carbocycles. The molecular formula is C70H132N2O8. The molecular weight excluding hydrogens is 997 g/mol. The van der Waals surface area contributed by atoms with Gasteiger partial charge in [0, 0.05) is 32.1 Å². The highest BCUT2D eigenvalue weighted by Gasteiger charge is 2.34. The van der Waals surface area contributed by atoms with Crippen LogP contribution in [-0.4, -0.2) is 112 Å². The lowest BCUT2D eigenvalue weighted by Crippen LogP contribution is -2.40. The molecule has 8 atom stereocenters. The van der Waals surface area contributed by atoms with E-state index in [1.54, 1.807) is 0 Å². The van der Waals surface area contributed by atoms with Gasteiger partial charge in [-0.3, -0.25) is 14.6 Å². The summed E-state index contributed by atoms with van der Waals surface area (Å²) in [6.45, 7) is 18.5. The molecule has 0 fully saturated rings. The monoisotopic (exact) mass is 1130 g/mol. The van der Waals surface area contributed by atoms with Crippen molar-refractivity contribution in [3.63, 3.8) is 0 Å². The first kappa shape index (κ1) is 75.9. The second-order valence-electron chi connectivity index (χ2n) is 25.2. The fourth-order valence-electron chi connectivity index (χ4n) is 11.5. The number of rotatable bonds is 59. The Kier molecular flexibility index (Phi) is 50.9. The number of carbonyl (C=O) groups is 2. The second kappa shape index (κ2) is 53.6. The number of nitrogens with zero attached hydrogens (tertiary/aromatic N) is 2. The first-order valence-corrected chi connectivity index (χ1v) is 34.4. The van der Waals surface area contributed by atoms with Gasteiger partial charge in [-0.2, -0.15) is 0 Å². The number of benzene rings is 1. The first-order chi connectivity index (χ1) is 38.8. The van der Waals surface area contributed by atoms with E-state index in [2.05, 4.69) is 44.4 Å². The third kappa shape index (κ3) is 43.5. The van der Waals surface area contributed by atoms with E-state index in [0.29, 0.717) is 45.6 Å². The SMILES string of the molecule is CCCCCCCCCCC(O)CN(CCCC(C)C(C)C(=O)OC(C(=O)OCc1ccccc1)C(C)CCCN(CC(O)CCCCCCCCCC)CC(O)CCCCCCCCCC)CC(O)CCCCCCCCCC. The van der Waals surface area contributed by atoms with E-state index in [0.717, 1.165) is 102 Å². The standard InChI is InChI=1S/C70H132N2O8/c1-8-12-16-20-24-28-32-39-49-64(73)55-71(56-65(74)50-40-33-29-25-21-17-13-9-2)53-43-45-60(5)62(7)69(77)80-68(70(78)79-59-63-47-37-36-38-48-63)61(6)46-44-54-72(57-66(75)51-41-34-30-26-22-18-14-10-3)58-67(76)52-42-35-31-27-23-19-15-11-4/h36-38,47-48,60-62,64-68,73-76H,8-35,39-46,49-59H2,1-7H3. The topological polar surface area (TPSA) is 140 Å². The molecule has 470 valence electrons. The van der Waals surface area contributed by atoms with Crippen molar-refractivity contribution in [1.29, 1.82) is 0 Å². The van der Waals surface area contributed by atoms with E-state index in [4.69, 9.17) is 9.47 Å². The molecule has 4 N–H and O–H groups in total. The summed E-state index contributed by atoms with van der Waals surface area (Å²) < 4.78 is 12.1. The van der Waals surface area contributed by atoms with Crippen LogP contribution in [0.15, 0.2) is 30.3 Å². The van der Waals surface area contributed by atoms with Gasteiger partial charge >= 0.3 is 11.9 Å². The number of hydrogen-bond acceptors (Lipinski definition) is 10. The van der Waals surface area contributed by atoms with Crippen molar-refractivity contribution >= 4 is 11.9 Å². The lowest BCUT2D eigenvalue weighted by Gasteiger charge is -2.29. The number of hydrogen-bond donors (Lipinski definition) is 4. The van der Waals surface area contributed by atoms with Gasteiger partial charge in [-0.1, -0.05) is 284 Å². The fourth-order valence-corrected chi connectivity index (χ4v) is 11.5. The first-order valence-electron chi connectivity index (χ1n) is 34.4. The zero-order valence-corrected chi connectivity index (χ0v) is 53.6. The number of ether oxygens (including phenoxy) is 2. The molecule has 1 rings (SSSR count). The zero-order valence-electron chi connectivity index (χ0n) is 53.6. The van der Waals surface area contributed by atoms with Gasteiger partial charge in [0.2, 0.25) is 6.10 Å². The zero-order chi connectivity index (χ0) is 58.7. The van der Waals surface area contributed by atoms with Crippen molar-refractivity contribution in [2.75, 3.05) is 39.3 Å². The minimum absolute atomic E-state index is 0.0202. The van der Waals surface area contributed by atoms with Crippen LogP contribution in [0.3, 0.4) is 0 Å². The summed E-state index contributed by atoms with van der Waals surface area (Å²) in [6, 6.07) is 9.59. The average molecular weight is 1130 g/mol. The summed E-state index contributed by atoms with van der Waals surface area (Å²) in [5, 5.41) is 45.0. The number of aliphatic hydroxyl groups excluding tert-OH is 4. The van der Waals surface area contributed by atoms with Crippen molar-refractivity contribution < 1.29 is 39.5 Å². The summed E-state index contributed by atoms with van der Waals surface area (Å²) in [5.41, 5.74) is 0.864. The Labute approximate surface area is 494 Å². The van der Waals surface area contributed by atoms with Crippen molar-refractivity contribution in [3.05, 3.63) is 35.9 Å². The van der Waals surface area contributed by atoms with Crippen LogP contribution in [0.25, 0.3) is 0 Å². The number of unbranched alkanes of at least 4 members (excludes halogenated alkanes) is 28. The Morgan fingerprint density at radius 1 is 0.388 bits per heavy atom.